The zero-order chi connectivity index (χ0) is 20.7. The average molecular weight is 390 g/mol. The molecular weight excluding hydrogens is 360 g/mol. The summed E-state index contributed by atoms with van der Waals surface area (Å²) in [6.07, 6.45) is 1.83. The van der Waals surface area contributed by atoms with E-state index in [0.717, 1.165) is 5.75 Å². The molecule has 1 heterocycles. The fourth-order valence-corrected chi connectivity index (χ4v) is 3.17. The number of benzene rings is 1. The van der Waals surface area contributed by atoms with Crippen LogP contribution in [-0.4, -0.2) is 66.0 Å². The molecular formula is C21H30N2O5. The summed E-state index contributed by atoms with van der Waals surface area (Å²) in [6.45, 7) is 5.40. The third-order valence-electron chi connectivity index (χ3n) is 5.28. The molecule has 1 aliphatic rings. The predicted molar refractivity (Wildman–Crippen MR) is 105 cm³/mol. The molecule has 0 radical (unpaired) electrons. The Morgan fingerprint density at radius 2 is 1.86 bits per heavy atom. The number of aliphatic carboxylic acids is 1. The monoisotopic (exact) mass is 390 g/mol. The van der Waals surface area contributed by atoms with Crippen molar-refractivity contribution < 1.29 is 24.2 Å². The van der Waals surface area contributed by atoms with E-state index in [1.807, 2.05) is 32.0 Å². The van der Waals surface area contributed by atoms with Gasteiger partial charge in [0.25, 0.3) is 0 Å². The molecule has 1 aliphatic heterocycles. The van der Waals surface area contributed by atoms with Gasteiger partial charge in [0, 0.05) is 26.6 Å². The SMILES string of the molecule is Cc1ccc(OCCCC(=O)N(C)CC(=O)N2CCC(C(=O)O)CC2)cc1C. The first-order valence-electron chi connectivity index (χ1n) is 9.72. The van der Waals surface area contributed by atoms with Gasteiger partial charge in [0.05, 0.1) is 19.1 Å². The lowest BCUT2D eigenvalue weighted by atomic mass is 9.97. The van der Waals surface area contributed by atoms with Gasteiger partial charge >= 0.3 is 5.97 Å². The van der Waals surface area contributed by atoms with Crippen LogP contribution in [0.25, 0.3) is 0 Å². The molecule has 1 N–H and O–H groups in total. The topological polar surface area (TPSA) is 87.2 Å². The molecule has 0 saturated carbocycles. The molecule has 7 heteroatoms. The smallest absolute Gasteiger partial charge is 0.306 e. The van der Waals surface area contributed by atoms with Gasteiger partial charge in [0.2, 0.25) is 11.8 Å². The Morgan fingerprint density at radius 3 is 2.46 bits per heavy atom. The molecule has 1 aromatic rings. The average Bonchev–Trinajstić information content (AvgIpc) is 2.67. The number of rotatable bonds is 8. The molecule has 1 aromatic carbocycles. The van der Waals surface area contributed by atoms with Crippen molar-refractivity contribution in [2.24, 2.45) is 5.92 Å². The van der Waals surface area contributed by atoms with E-state index in [2.05, 4.69) is 0 Å². The second kappa shape index (κ2) is 10.1. The predicted octanol–water partition coefficient (Wildman–Crippen LogP) is 2.24. The van der Waals surface area contributed by atoms with E-state index in [4.69, 9.17) is 9.84 Å². The number of hydrogen-bond donors (Lipinski definition) is 1. The van der Waals surface area contributed by atoms with Crippen LogP contribution < -0.4 is 4.74 Å². The number of likely N-dealkylation sites (N-methyl/N-ethyl adjacent to an activating group) is 1. The van der Waals surface area contributed by atoms with Gasteiger partial charge in [-0.25, -0.2) is 0 Å². The van der Waals surface area contributed by atoms with Crippen LogP contribution >= 0.6 is 0 Å². The molecule has 2 amide bonds. The van der Waals surface area contributed by atoms with Crippen molar-refractivity contribution in [3.05, 3.63) is 29.3 Å². The van der Waals surface area contributed by atoms with Gasteiger partial charge in [-0.1, -0.05) is 6.07 Å². The van der Waals surface area contributed by atoms with Crippen molar-refractivity contribution in [1.82, 2.24) is 9.80 Å². The zero-order valence-corrected chi connectivity index (χ0v) is 16.9. The third-order valence-corrected chi connectivity index (χ3v) is 5.28. The number of aryl methyl sites for hydroxylation is 2. The standard InChI is InChI=1S/C21H30N2O5/c1-15-6-7-18(13-16(15)2)28-12-4-5-19(24)22(3)14-20(25)23-10-8-17(9-11-23)21(26)27/h6-7,13,17H,4-5,8-12,14H2,1-3H3,(H,26,27). The minimum absolute atomic E-state index is 0.0224. The van der Waals surface area contributed by atoms with Crippen LogP contribution in [-0.2, 0) is 14.4 Å². The normalized spacial score (nSPS) is 14.6. The van der Waals surface area contributed by atoms with Crippen LogP contribution in [0.4, 0.5) is 0 Å². The minimum atomic E-state index is -0.803. The second-order valence-electron chi connectivity index (χ2n) is 7.44. The van der Waals surface area contributed by atoms with Crippen molar-refractivity contribution in [3.63, 3.8) is 0 Å². The Bertz CT molecular complexity index is 711. The summed E-state index contributed by atoms with van der Waals surface area (Å²) in [6, 6.07) is 5.91. The minimum Gasteiger partial charge on any atom is -0.494 e. The third kappa shape index (κ3) is 6.25. The van der Waals surface area contributed by atoms with E-state index in [1.165, 1.54) is 16.0 Å². The lowest BCUT2D eigenvalue weighted by Crippen LogP contribution is -2.45. The highest BCUT2D eigenvalue weighted by molar-refractivity contribution is 5.84. The first kappa shape index (κ1) is 21.7. The van der Waals surface area contributed by atoms with Gasteiger partial charge in [0.1, 0.15) is 5.75 Å². The van der Waals surface area contributed by atoms with Crippen molar-refractivity contribution in [3.8, 4) is 5.75 Å². The van der Waals surface area contributed by atoms with Gasteiger partial charge < -0.3 is 19.6 Å². The zero-order valence-electron chi connectivity index (χ0n) is 16.9. The van der Waals surface area contributed by atoms with Gasteiger partial charge in [-0.15, -0.1) is 0 Å². The Labute approximate surface area is 166 Å². The van der Waals surface area contributed by atoms with Crippen LogP contribution in [0.2, 0.25) is 0 Å². The van der Waals surface area contributed by atoms with E-state index in [0.29, 0.717) is 45.4 Å². The van der Waals surface area contributed by atoms with E-state index in [9.17, 15) is 14.4 Å². The Hall–Kier alpha value is -2.57. The fraction of sp³-hybridized carbons (Fsp3) is 0.571. The van der Waals surface area contributed by atoms with Crippen LogP contribution in [0.3, 0.4) is 0 Å². The summed E-state index contributed by atoms with van der Waals surface area (Å²) in [7, 11) is 1.62. The maximum Gasteiger partial charge on any atom is 0.306 e. The van der Waals surface area contributed by atoms with E-state index in [1.54, 1.807) is 11.9 Å². The van der Waals surface area contributed by atoms with Crippen LogP contribution in [0, 0.1) is 19.8 Å². The number of hydrogen-bond acceptors (Lipinski definition) is 4. The number of carboxylic acids is 1. The first-order chi connectivity index (χ1) is 13.3. The fourth-order valence-electron chi connectivity index (χ4n) is 3.17. The summed E-state index contributed by atoms with van der Waals surface area (Å²) in [4.78, 5) is 38.6. The van der Waals surface area contributed by atoms with Gasteiger partial charge in [0.15, 0.2) is 0 Å². The molecule has 0 unspecified atom stereocenters. The number of carbonyl (C=O) groups excluding carboxylic acids is 2. The van der Waals surface area contributed by atoms with Crippen molar-refractivity contribution in [2.45, 2.75) is 39.5 Å². The summed E-state index contributed by atoms with van der Waals surface area (Å²) in [5, 5.41) is 9.02. The van der Waals surface area contributed by atoms with Crippen LogP contribution in [0.15, 0.2) is 18.2 Å². The molecule has 0 aromatic heterocycles. The molecule has 2 rings (SSSR count). The lowest BCUT2D eigenvalue weighted by Gasteiger charge is -2.31. The molecule has 1 saturated heterocycles. The number of carbonyl (C=O) groups is 3. The maximum absolute atomic E-state index is 12.3. The number of ether oxygens (including phenoxy) is 1. The quantitative estimate of drug-likeness (QED) is 0.688. The number of likely N-dealkylation sites (tertiary alicyclic amines) is 1. The second-order valence-corrected chi connectivity index (χ2v) is 7.44. The summed E-state index contributed by atoms with van der Waals surface area (Å²) in [5.41, 5.74) is 2.38. The van der Waals surface area contributed by atoms with E-state index in [-0.39, 0.29) is 24.3 Å². The largest absolute Gasteiger partial charge is 0.494 e. The molecule has 7 nitrogen and oxygen atoms in total. The molecule has 154 valence electrons. The van der Waals surface area contributed by atoms with Crippen LogP contribution in [0.1, 0.15) is 36.8 Å². The summed E-state index contributed by atoms with van der Waals surface area (Å²) >= 11 is 0. The highest BCUT2D eigenvalue weighted by Gasteiger charge is 2.27. The summed E-state index contributed by atoms with van der Waals surface area (Å²) < 4.78 is 5.68. The van der Waals surface area contributed by atoms with Crippen LogP contribution in [0.5, 0.6) is 5.75 Å². The molecule has 0 bridgehead atoms. The number of carboxylic acid groups (broad SMARTS) is 1. The van der Waals surface area contributed by atoms with Crippen molar-refractivity contribution in [1.29, 1.82) is 0 Å². The molecule has 0 aliphatic carbocycles. The molecule has 0 spiro atoms. The van der Waals surface area contributed by atoms with Crippen molar-refractivity contribution in [2.75, 3.05) is 33.3 Å². The number of piperidine rings is 1. The first-order valence-corrected chi connectivity index (χ1v) is 9.72. The maximum atomic E-state index is 12.3. The molecule has 28 heavy (non-hydrogen) atoms. The van der Waals surface area contributed by atoms with Gasteiger partial charge in [-0.3, -0.25) is 14.4 Å². The lowest BCUT2D eigenvalue weighted by molar-refractivity contribution is -0.146. The Kier molecular flexibility index (Phi) is 7.84. The number of amides is 2. The van der Waals surface area contributed by atoms with E-state index < -0.39 is 5.97 Å². The Morgan fingerprint density at radius 1 is 1.18 bits per heavy atom. The molecule has 1 fully saturated rings. The van der Waals surface area contributed by atoms with Gasteiger partial charge in [-0.05, 0) is 56.4 Å². The highest BCUT2D eigenvalue weighted by atomic mass is 16.5. The van der Waals surface area contributed by atoms with E-state index >= 15 is 0 Å². The highest BCUT2D eigenvalue weighted by Crippen LogP contribution is 2.18. The Balaban J connectivity index is 1.67. The van der Waals surface area contributed by atoms with Crippen molar-refractivity contribution >= 4 is 17.8 Å². The van der Waals surface area contributed by atoms with Gasteiger partial charge in [-0.2, -0.15) is 0 Å². The number of nitrogens with zero attached hydrogens (tertiary/aromatic N) is 2. The summed E-state index contributed by atoms with van der Waals surface area (Å²) in [5.74, 6) is -0.615. The molecule has 0 atom stereocenters.